The summed E-state index contributed by atoms with van der Waals surface area (Å²) in [5.41, 5.74) is 0. The van der Waals surface area contributed by atoms with Crippen LogP contribution in [0.3, 0.4) is 0 Å². The van der Waals surface area contributed by atoms with Gasteiger partial charge in [-0.1, -0.05) is 11.6 Å². The van der Waals surface area contributed by atoms with Crippen LogP contribution >= 0.6 is 11.6 Å². The first-order chi connectivity index (χ1) is 9.24. The van der Waals surface area contributed by atoms with Crippen LogP contribution in [-0.2, 0) is 0 Å². The van der Waals surface area contributed by atoms with Crippen molar-refractivity contribution in [3.05, 3.63) is 17.0 Å². The molecule has 1 atom stereocenters. The van der Waals surface area contributed by atoms with Crippen LogP contribution in [0.2, 0.25) is 5.15 Å². The first-order valence-electron chi connectivity index (χ1n) is 6.31. The van der Waals surface area contributed by atoms with Crippen molar-refractivity contribution in [2.24, 2.45) is 0 Å². The zero-order valence-corrected chi connectivity index (χ0v) is 12.0. The monoisotopic (exact) mass is 308 g/mol. The van der Waals surface area contributed by atoms with E-state index in [9.17, 15) is 13.2 Å². The van der Waals surface area contributed by atoms with Gasteiger partial charge < -0.3 is 4.90 Å². The Morgan fingerprint density at radius 2 is 2.05 bits per heavy atom. The zero-order valence-electron chi connectivity index (χ0n) is 11.3. The van der Waals surface area contributed by atoms with Gasteiger partial charge in [0.25, 0.3) is 0 Å². The molecule has 0 radical (unpaired) electrons. The van der Waals surface area contributed by atoms with Gasteiger partial charge in [0.2, 0.25) is 0 Å². The van der Waals surface area contributed by atoms with E-state index in [0.29, 0.717) is 36.4 Å². The Labute approximate surface area is 120 Å². The molecule has 0 aromatic carbocycles. The van der Waals surface area contributed by atoms with Crippen molar-refractivity contribution in [1.82, 2.24) is 14.9 Å². The molecule has 0 spiro atoms. The quantitative estimate of drug-likeness (QED) is 0.786. The lowest BCUT2D eigenvalue weighted by Crippen LogP contribution is -2.54. The molecule has 20 heavy (non-hydrogen) atoms. The number of hydrogen-bond donors (Lipinski definition) is 0. The van der Waals surface area contributed by atoms with E-state index in [4.69, 9.17) is 11.6 Å². The van der Waals surface area contributed by atoms with Gasteiger partial charge in [-0.2, -0.15) is 13.2 Å². The van der Waals surface area contributed by atoms with Gasteiger partial charge >= 0.3 is 6.18 Å². The highest BCUT2D eigenvalue weighted by Crippen LogP contribution is 2.23. The predicted molar refractivity (Wildman–Crippen MR) is 71.1 cm³/mol. The standard InChI is InChI=1S/C12H16ClF3N4/c1-8-6-19(3-4-20(8)7-12(14,15)16)11-5-10(13)17-9(2)18-11/h5,8H,3-4,6-7H2,1-2H3. The second-order valence-corrected chi connectivity index (χ2v) is 5.36. The fourth-order valence-corrected chi connectivity index (χ4v) is 2.57. The largest absolute Gasteiger partial charge is 0.401 e. The van der Waals surface area contributed by atoms with E-state index in [1.807, 2.05) is 4.90 Å². The minimum absolute atomic E-state index is 0.195. The molecule has 2 rings (SSSR count). The van der Waals surface area contributed by atoms with E-state index < -0.39 is 12.7 Å². The van der Waals surface area contributed by atoms with Crippen LogP contribution in [0.1, 0.15) is 12.7 Å². The molecule has 4 nitrogen and oxygen atoms in total. The molecule has 1 aliphatic rings. The van der Waals surface area contributed by atoms with Crippen LogP contribution in [-0.4, -0.2) is 53.3 Å². The zero-order chi connectivity index (χ0) is 14.9. The minimum atomic E-state index is -4.16. The first-order valence-corrected chi connectivity index (χ1v) is 6.69. The SMILES string of the molecule is Cc1nc(Cl)cc(N2CCN(CC(F)(F)F)C(C)C2)n1. The molecule has 0 bridgehead atoms. The molecule has 1 aromatic heterocycles. The second-order valence-electron chi connectivity index (χ2n) is 4.98. The van der Waals surface area contributed by atoms with Crippen LogP contribution in [0.15, 0.2) is 6.07 Å². The average molecular weight is 309 g/mol. The van der Waals surface area contributed by atoms with E-state index in [0.717, 1.165) is 0 Å². The maximum atomic E-state index is 12.4. The second kappa shape index (κ2) is 5.73. The van der Waals surface area contributed by atoms with Gasteiger partial charge in [0.1, 0.15) is 16.8 Å². The topological polar surface area (TPSA) is 32.3 Å². The molecule has 0 amide bonds. The average Bonchev–Trinajstić information content (AvgIpc) is 2.29. The molecule has 0 aliphatic carbocycles. The number of aromatic nitrogens is 2. The van der Waals surface area contributed by atoms with Gasteiger partial charge in [-0.3, -0.25) is 4.90 Å². The highest BCUT2D eigenvalue weighted by molar-refractivity contribution is 6.29. The first kappa shape index (κ1) is 15.3. The van der Waals surface area contributed by atoms with E-state index in [-0.39, 0.29) is 6.04 Å². The molecular formula is C12H16ClF3N4. The molecule has 2 heterocycles. The molecule has 1 unspecified atom stereocenters. The van der Waals surface area contributed by atoms with Gasteiger partial charge in [0.05, 0.1) is 6.54 Å². The third-order valence-electron chi connectivity index (χ3n) is 3.26. The third-order valence-corrected chi connectivity index (χ3v) is 3.46. The summed E-state index contributed by atoms with van der Waals surface area (Å²) in [7, 11) is 0. The van der Waals surface area contributed by atoms with Crippen LogP contribution in [0.4, 0.5) is 19.0 Å². The van der Waals surface area contributed by atoms with Crippen LogP contribution in [0, 0.1) is 6.92 Å². The Balaban J connectivity index is 2.05. The number of aryl methyl sites for hydroxylation is 1. The molecule has 0 N–H and O–H groups in total. The van der Waals surface area contributed by atoms with Crippen molar-refractivity contribution < 1.29 is 13.2 Å². The van der Waals surface area contributed by atoms with Crippen molar-refractivity contribution in [1.29, 1.82) is 0 Å². The molecular weight excluding hydrogens is 293 g/mol. The van der Waals surface area contributed by atoms with Crippen molar-refractivity contribution in [2.75, 3.05) is 31.1 Å². The third kappa shape index (κ3) is 3.96. The highest BCUT2D eigenvalue weighted by atomic mass is 35.5. The molecule has 0 saturated carbocycles. The number of rotatable bonds is 2. The van der Waals surface area contributed by atoms with Crippen molar-refractivity contribution in [3.8, 4) is 0 Å². The predicted octanol–water partition coefficient (Wildman–Crippen LogP) is 2.51. The molecule has 112 valence electrons. The number of halogens is 4. The van der Waals surface area contributed by atoms with Crippen molar-refractivity contribution in [3.63, 3.8) is 0 Å². The lowest BCUT2D eigenvalue weighted by molar-refractivity contribution is -0.150. The molecule has 1 aromatic rings. The van der Waals surface area contributed by atoms with E-state index in [1.54, 1.807) is 19.9 Å². The maximum absolute atomic E-state index is 12.4. The number of hydrogen-bond acceptors (Lipinski definition) is 4. The number of piperazine rings is 1. The van der Waals surface area contributed by atoms with Crippen molar-refractivity contribution in [2.45, 2.75) is 26.1 Å². The lowest BCUT2D eigenvalue weighted by Gasteiger charge is -2.40. The van der Waals surface area contributed by atoms with Crippen LogP contribution < -0.4 is 4.90 Å². The van der Waals surface area contributed by atoms with Gasteiger partial charge in [0, 0.05) is 31.7 Å². The summed E-state index contributed by atoms with van der Waals surface area (Å²) >= 11 is 5.88. The van der Waals surface area contributed by atoms with Gasteiger partial charge in [-0.25, -0.2) is 9.97 Å². The summed E-state index contributed by atoms with van der Waals surface area (Å²) in [5.74, 6) is 1.22. The molecule has 1 aliphatic heterocycles. The van der Waals surface area contributed by atoms with Gasteiger partial charge in [-0.05, 0) is 13.8 Å². The van der Waals surface area contributed by atoms with Gasteiger partial charge in [0.15, 0.2) is 0 Å². The highest BCUT2D eigenvalue weighted by Gasteiger charge is 2.35. The maximum Gasteiger partial charge on any atom is 0.401 e. The van der Waals surface area contributed by atoms with E-state index in [1.165, 1.54) is 4.90 Å². The summed E-state index contributed by atoms with van der Waals surface area (Å²) in [6.07, 6.45) is -4.16. The summed E-state index contributed by atoms with van der Waals surface area (Å²) < 4.78 is 37.3. The Bertz CT molecular complexity index is 460. The fraction of sp³-hybridized carbons (Fsp3) is 0.667. The molecule has 1 fully saturated rings. The minimum Gasteiger partial charge on any atom is -0.354 e. The Morgan fingerprint density at radius 1 is 1.35 bits per heavy atom. The van der Waals surface area contributed by atoms with Gasteiger partial charge in [-0.15, -0.1) is 0 Å². The lowest BCUT2D eigenvalue weighted by atomic mass is 10.2. The number of nitrogens with zero attached hydrogens (tertiary/aromatic N) is 4. The normalized spacial score (nSPS) is 21.3. The van der Waals surface area contributed by atoms with E-state index >= 15 is 0 Å². The van der Waals surface area contributed by atoms with Crippen LogP contribution in [0.25, 0.3) is 0 Å². The van der Waals surface area contributed by atoms with Crippen molar-refractivity contribution >= 4 is 17.4 Å². The molecule has 8 heteroatoms. The van der Waals surface area contributed by atoms with E-state index in [2.05, 4.69) is 9.97 Å². The number of alkyl halides is 3. The smallest absolute Gasteiger partial charge is 0.354 e. The van der Waals surface area contributed by atoms with Crippen LogP contribution in [0.5, 0.6) is 0 Å². The number of anilines is 1. The Morgan fingerprint density at radius 3 is 2.60 bits per heavy atom. The Kier molecular flexibility index (Phi) is 4.39. The summed E-state index contributed by atoms with van der Waals surface area (Å²) in [6, 6.07) is 1.44. The fourth-order valence-electron chi connectivity index (χ4n) is 2.35. The summed E-state index contributed by atoms with van der Waals surface area (Å²) in [4.78, 5) is 11.6. The molecule has 1 saturated heterocycles. The summed E-state index contributed by atoms with van der Waals surface area (Å²) in [5, 5.41) is 0.345. The summed E-state index contributed by atoms with van der Waals surface area (Å²) in [6.45, 7) is 3.98. The Hall–Kier alpha value is -1.08.